The molecule has 3 rings (SSSR count). The summed E-state index contributed by atoms with van der Waals surface area (Å²) in [5.74, 6) is 0. The Balaban J connectivity index is 1.81. The van der Waals surface area contributed by atoms with Gasteiger partial charge in [-0.05, 0) is 31.5 Å². The van der Waals surface area contributed by atoms with Crippen LogP contribution in [-0.2, 0) is 19.6 Å². The zero-order valence-corrected chi connectivity index (χ0v) is 11.7. The fourth-order valence-corrected chi connectivity index (χ4v) is 2.77. The van der Waals surface area contributed by atoms with Crippen LogP contribution in [0.25, 0.3) is 0 Å². The molecule has 5 heteroatoms. The molecule has 0 amide bonds. The van der Waals surface area contributed by atoms with Gasteiger partial charge in [-0.25, -0.2) is 0 Å². The third-order valence-corrected chi connectivity index (χ3v) is 3.88. The summed E-state index contributed by atoms with van der Waals surface area (Å²) < 4.78 is 2.03. The minimum absolute atomic E-state index is 0.166. The molecule has 1 aliphatic heterocycles. The van der Waals surface area contributed by atoms with Crippen molar-refractivity contribution in [3.05, 3.63) is 47.5 Å². The molecule has 20 heavy (non-hydrogen) atoms. The Labute approximate surface area is 118 Å². The normalized spacial score (nSPS) is 19.6. The summed E-state index contributed by atoms with van der Waals surface area (Å²) in [4.78, 5) is 6.86. The number of pyridine rings is 1. The maximum Gasteiger partial charge on any atom is 0.0587 e. The number of aliphatic hydroxyl groups excluding tert-OH is 1. The number of aromatic nitrogens is 3. The lowest BCUT2D eigenvalue weighted by atomic mass is 10.1. The van der Waals surface area contributed by atoms with Crippen LogP contribution < -0.4 is 0 Å². The highest BCUT2D eigenvalue weighted by molar-refractivity contribution is 5.11. The average Bonchev–Trinajstić information content (AvgIpc) is 2.80. The molecule has 0 aromatic carbocycles. The second-order valence-corrected chi connectivity index (χ2v) is 5.35. The summed E-state index contributed by atoms with van der Waals surface area (Å²) in [5, 5.41) is 14.0. The fraction of sp³-hybridized carbons (Fsp3) is 0.467. The van der Waals surface area contributed by atoms with Gasteiger partial charge in [-0.1, -0.05) is 6.07 Å². The number of nitrogens with zero attached hydrogens (tertiary/aromatic N) is 4. The highest BCUT2D eigenvalue weighted by atomic mass is 16.3. The van der Waals surface area contributed by atoms with Gasteiger partial charge in [0.2, 0.25) is 0 Å². The van der Waals surface area contributed by atoms with Gasteiger partial charge in [0.25, 0.3) is 0 Å². The van der Waals surface area contributed by atoms with E-state index in [0.717, 1.165) is 37.4 Å². The third kappa shape index (κ3) is 2.73. The van der Waals surface area contributed by atoms with Crippen LogP contribution in [0.15, 0.2) is 30.5 Å². The predicted molar refractivity (Wildman–Crippen MR) is 75.9 cm³/mol. The Bertz CT molecular complexity index is 581. The summed E-state index contributed by atoms with van der Waals surface area (Å²) in [7, 11) is 0. The van der Waals surface area contributed by atoms with E-state index in [-0.39, 0.29) is 12.6 Å². The number of aliphatic hydroxyl groups is 1. The van der Waals surface area contributed by atoms with Crippen LogP contribution in [0.2, 0.25) is 0 Å². The second-order valence-electron chi connectivity index (χ2n) is 5.35. The molecule has 5 nitrogen and oxygen atoms in total. The molecule has 0 unspecified atom stereocenters. The van der Waals surface area contributed by atoms with Gasteiger partial charge in [0.05, 0.1) is 18.0 Å². The molecular weight excluding hydrogens is 252 g/mol. The van der Waals surface area contributed by atoms with Gasteiger partial charge in [0.15, 0.2) is 0 Å². The topological polar surface area (TPSA) is 54.2 Å². The largest absolute Gasteiger partial charge is 0.395 e. The molecular formula is C15H20N4O. The first-order valence-electron chi connectivity index (χ1n) is 7.04. The number of aryl methyl sites for hydroxylation is 2. The molecule has 2 aromatic rings. The summed E-state index contributed by atoms with van der Waals surface area (Å²) in [6.07, 6.45) is 2.76. The van der Waals surface area contributed by atoms with Gasteiger partial charge in [-0.3, -0.25) is 14.6 Å². The standard InChI is InChI=1S/C15H20N4O/c1-12-3-2-4-13(17-12)9-18-10-14-5-7-16-19(14)8-6-15(18)11-20/h2-5,7,15,20H,6,8-11H2,1H3/t15-/m0/s1. The van der Waals surface area contributed by atoms with Crippen molar-refractivity contribution in [2.45, 2.75) is 39.0 Å². The van der Waals surface area contributed by atoms with Crippen molar-refractivity contribution >= 4 is 0 Å². The lowest BCUT2D eigenvalue weighted by Crippen LogP contribution is -2.36. The lowest BCUT2D eigenvalue weighted by Gasteiger charge is -2.27. The molecule has 1 aliphatic rings. The molecule has 0 spiro atoms. The maximum absolute atomic E-state index is 9.64. The SMILES string of the molecule is Cc1cccc(CN2Cc3ccnn3CC[C@H]2CO)n1. The quantitative estimate of drug-likeness (QED) is 0.916. The first kappa shape index (κ1) is 13.3. The predicted octanol–water partition coefficient (Wildman–Crippen LogP) is 1.35. The van der Waals surface area contributed by atoms with E-state index in [1.54, 1.807) is 0 Å². The van der Waals surface area contributed by atoms with Crippen LogP contribution in [0.1, 0.15) is 23.5 Å². The summed E-state index contributed by atoms with van der Waals surface area (Å²) >= 11 is 0. The zero-order valence-electron chi connectivity index (χ0n) is 11.7. The molecule has 0 fully saturated rings. The molecule has 0 radical (unpaired) electrons. The van der Waals surface area contributed by atoms with E-state index in [0.29, 0.717) is 0 Å². The summed E-state index contributed by atoms with van der Waals surface area (Å²) in [6, 6.07) is 8.30. The monoisotopic (exact) mass is 272 g/mol. The fourth-order valence-electron chi connectivity index (χ4n) is 2.77. The lowest BCUT2D eigenvalue weighted by molar-refractivity contribution is 0.106. The molecule has 1 N–H and O–H groups in total. The van der Waals surface area contributed by atoms with Crippen molar-refractivity contribution in [1.82, 2.24) is 19.7 Å². The number of hydrogen-bond donors (Lipinski definition) is 1. The van der Waals surface area contributed by atoms with E-state index in [1.165, 1.54) is 5.69 Å². The Morgan fingerprint density at radius 3 is 3.05 bits per heavy atom. The first-order chi connectivity index (χ1) is 9.76. The molecule has 106 valence electrons. The van der Waals surface area contributed by atoms with Crippen LogP contribution >= 0.6 is 0 Å². The smallest absolute Gasteiger partial charge is 0.0587 e. The maximum atomic E-state index is 9.64. The minimum atomic E-state index is 0.166. The number of fused-ring (bicyclic) bond motifs is 1. The van der Waals surface area contributed by atoms with Crippen molar-refractivity contribution in [3.8, 4) is 0 Å². The van der Waals surface area contributed by atoms with Gasteiger partial charge < -0.3 is 5.11 Å². The zero-order chi connectivity index (χ0) is 13.9. The van der Waals surface area contributed by atoms with Gasteiger partial charge >= 0.3 is 0 Å². The van der Waals surface area contributed by atoms with Crippen LogP contribution in [0, 0.1) is 6.92 Å². The summed E-state index contributed by atoms with van der Waals surface area (Å²) in [6.45, 7) is 4.62. The van der Waals surface area contributed by atoms with Crippen molar-refractivity contribution in [2.75, 3.05) is 6.61 Å². The molecule has 2 aromatic heterocycles. The highest BCUT2D eigenvalue weighted by Gasteiger charge is 2.23. The minimum Gasteiger partial charge on any atom is -0.395 e. The van der Waals surface area contributed by atoms with E-state index in [4.69, 9.17) is 0 Å². The van der Waals surface area contributed by atoms with Crippen LogP contribution in [-0.4, -0.2) is 37.4 Å². The molecule has 1 atom stereocenters. The average molecular weight is 272 g/mol. The Hall–Kier alpha value is -1.72. The molecule has 0 saturated heterocycles. The molecule has 3 heterocycles. The number of rotatable bonds is 3. The van der Waals surface area contributed by atoms with E-state index in [1.807, 2.05) is 36.0 Å². The second kappa shape index (κ2) is 5.73. The van der Waals surface area contributed by atoms with E-state index in [9.17, 15) is 5.11 Å². The van der Waals surface area contributed by atoms with E-state index < -0.39 is 0 Å². The number of hydrogen-bond acceptors (Lipinski definition) is 4. The van der Waals surface area contributed by atoms with Gasteiger partial charge in [0, 0.05) is 37.6 Å². The molecule has 0 bridgehead atoms. The Morgan fingerprint density at radius 2 is 2.25 bits per heavy atom. The molecule has 0 saturated carbocycles. The van der Waals surface area contributed by atoms with Crippen LogP contribution in [0.4, 0.5) is 0 Å². The van der Waals surface area contributed by atoms with Gasteiger partial charge in [-0.15, -0.1) is 0 Å². The van der Waals surface area contributed by atoms with Crippen molar-refractivity contribution < 1.29 is 5.11 Å². The third-order valence-electron chi connectivity index (χ3n) is 3.88. The van der Waals surface area contributed by atoms with Crippen molar-refractivity contribution in [2.24, 2.45) is 0 Å². The van der Waals surface area contributed by atoms with Crippen LogP contribution in [0.5, 0.6) is 0 Å². The first-order valence-corrected chi connectivity index (χ1v) is 7.04. The summed E-state index contributed by atoms with van der Waals surface area (Å²) in [5.41, 5.74) is 3.29. The Kier molecular flexibility index (Phi) is 3.80. The van der Waals surface area contributed by atoms with Gasteiger partial charge in [-0.2, -0.15) is 5.10 Å². The van der Waals surface area contributed by atoms with E-state index >= 15 is 0 Å². The van der Waals surface area contributed by atoms with Gasteiger partial charge in [0.1, 0.15) is 0 Å². The highest BCUT2D eigenvalue weighted by Crippen LogP contribution is 2.19. The molecule has 0 aliphatic carbocycles. The van der Waals surface area contributed by atoms with Crippen molar-refractivity contribution in [1.29, 1.82) is 0 Å². The van der Waals surface area contributed by atoms with E-state index in [2.05, 4.69) is 21.0 Å². The van der Waals surface area contributed by atoms with Crippen LogP contribution in [0.3, 0.4) is 0 Å². The van der Waals surface area contributed by atoms with Crippen molar-refractivity contribution in [3.63, 3.8) is 0 Å². The Morgan fingerprint density at radius 1 is 1.35 bits per heavy atom.